The van der Waals surface area contributed by atoms with E-state index in [0.717, 1.165) is 12.1 Å². The van der Waals surface area contributed by atoms with Gasteiger partial charge in [0.2, 0.25) is 0 Å². The van der Waals surface area contributed by atoms with Gasteiger partial charge in [0.05, 0.1) is 6.10 Å². The minimum Gasteiger partial charge on any atom is -0.387 e. The van der Waals surface area contributed by atoms with E-state index in [1.165, 1.54) is 49.0 Å². The Morgan fingerprint density at radius 2 is 1.78 bits per heavy atom. The van der Waals surface area contributed by atoms with Gasteiger partial charge < -0.3 is 10.4 Å². The van der Waals surface area contributed by atoms with Gasteiger partial charge in [-0.1, -0.05) is 65.0 Å². The quantitative estimate of drug-likeness (QED) is 0.391. The SMILES string of the molecule is CCCCCCCCNCC(O)c1ccc(SC(C)C)c(C)c1. The van der Waals surface area contributed by atoms with Gasteiger partial charge in [0.25, 0.3) is 0 Å². The minimum absolute atomic E-state index is 0.410. The molecule has 2 N–H and O–H groups in total. The maximum absolute atomic E-state index is 10.3. The van der Waals surface area contributed by atoms with Crippen LogP contribution in [0, 0.1) is 6.92 Å². The third-order valence-electron chi connectivity index (χ3n) is 3.99. The van der Waals surface area contributed by atoms with Crippen LogP contribution in [-0.4, -0.2) is 23.4 Å². The summed E-state index contributed by atoms with van der Waals surface area (Å²) in [6.45, 7) is 10.4. The predicted octanol–water partition coefficient (Wildman–Crippen LogP) is 5.48. The van der Waals surface area contributed by atoms with Crippen molar-refractivity contribution in [3.8, 4) is 0 Å². The summed E-state index contributed by atoms with van der Waals surface area (Å²) in [7, 11) is 0. The number of hydrogen-bond donors (Lipinski definition) is 2. The summed E-state index contributed by atoms with van der Waals surface area (Å²) in [5, 5.41) is 14.3. The number of aryl methyl sites for hydroxylation is 1. The fourth-order valence-electron chi connectivity index (χ4n) is 2.65. The first-order valence-electron chi connectivity index (χ1n) is 9.20. The van der Waals surface area contributed by atoms with Gasteiger partial charge in [0.15, 0.2) is 0 Å². The lowest BCUT2D eigenvalue weighted by Gasteiger charge is -2.15. The van der Waals surface area contributed by atoms with Gasteiger partial charge in [-0.15, -0.1) is 11.8 Å². The molecule has 0 fully saturated rings. The van der Waals surface area contributed by atoms with Gasteiger partial charge >= 0.3 is 0 Å². The number of nitrogens with one attached hydrogen (secondary N) is 1. The largest absolute Gasteiger partial charge is 0.387 e. The highest BCUT2D eigenvalue weighted by atomic mass is 32.2. The van der Waals surface area contributed by atoms with Crippen LogP contribution < -0.4 is 5.32 Å². The van der Waals surface area contributed by atoms with E-state index in [1.807, 2.05) is 11.8 Å². The molecule has 0 heterocycles. The number of unbranched alkanes of at least 4 members (excludes halogenated alkanes) is 5. The molecular formula is C20H35NOS. The molecule has 2 nitrogen and oxygen atoms in total. The third kappa shape index (κ3) is 8.78. The average molecular weight is 338 g/mol. The number of rotatable bonds is 12. The molecule has 3 heteroatoms. The fraction of sp³-hybridized carbons (Fsp3) is 0.700. The monoisotopic (exact) mass is 337 g/mol. The van der Waals surface area contributed by atoms with Crippen molar-refractivity contribution < 1.29 is 5.11 Å². The Morgan fingerprint density at radius 1 is 1.09 bits per heavy atom. The van der Waals surface area contributed by atoms with Crippen LogP contribution in [0.15, 0.2) is 23.1 Å². The molecule has 0 aromatic heterocycles. The summed E-state index contributed by atoms with van der Waals surface area (Å²) in [5.74, 6) is 0. The second-order valence-electron chi connectivity index (χ2n) is 6.68. The first-order valence-corrected chi connectivity index (χ1v) is 10.1. The fourth-order valence-corrected chi connectivity index (χ4v) is 3.55. The lowest BCUT2D eigenvalue weighted by atomic mass is 10.1. The molecule has 0 aliphatic rings. The molecule has 1 rings (SSSR count). The maximum atomic E-state index is 10.3. The molecule has 1 aromatic rings. The van der Waals surface area contributed by atoms with Crippen molar-refractivity contribution in [2.75, 3.05) is 13.1 Å². The Balaban J connectivity index is 2.26. The van der Waals surface area contributed by atoms with Gasteiger partial charge in [-0.3, -0.25) is 0 Å². The summed E-state index contributed by atoms with van der Waals surface area (Å²) in [6.07, 6.45) is 7.45. The maximum Gasteiger partial charge on any atom is 0.0914 e. The lowest BCUT2D eigenvalue weighted by Crippen LogP contribution is -2.22. The van der Waals surface area contributed by atoms with Gasteiger partial charge in [-0.25, -0.2) is 0 Å². The third-order valence-corrected chi connectivity index (χ3v) is 5.17. The number of benzene rings is 1. The van der Waals surface area contributed by atoms with Crippen molar-refractivity contribution in [1.29, 1.82) is 0 Å². The van der Waals surface area contributed by atoms with E-state index in [-0.39, 0.29) is 0 Å². The number of aliphatic hydroxyl groups excluding tert-OH is 1. The van der Waals surface area contributed by atoms with E-state index in [1.54, 1.807) is 0 Å². The van der Waals surface area contributed by atoms with Crippen molar-refractivity contribution >= 4 is 11.8 Å². The Bertz CT molecular complexity index is 434. The van der Waals surface area contributed by atoms with Crippen LogP contribution in [0.1, 0.15) is 76.5 Å². The van der Waals surface area contributed by atoms with Crippen LogP contribution in [0.3, 0.4) is 0 Å². The molecule has 0 aliphatic carbocycles. The van der Waals surface area contributed by atoms with Crippen LogP contribution in [-0.2, 0) is 0 Å². The molecule has 0 saturated carbocycles. The summed E-state index contributed by atoms with van der Waals surface area (Å²) in [6, 6.07) is 6.34. The smallest absolute Gasteiger partial charge is 0.0914 e. The second kappa shape index (κ2) is 11.9. The molecule has 1 atom stereocenters. The molecule has 132 valence electrons. The molecule has 0 saturated heterocycles. The van der Waals surface area contributed by atoms with Gasteiger partial charge in [-0.05, 0) is 37.1 Å². The van der Waals surface area contributed by atoms with Crippen molar-refractivity contribution in [3.63, 3.8) is 0 Å². The van der Waals surface area contributed by atoms with Crippen LogP contribution >= 0.6 is 11.8 Å². The standard InChI is InChI=1S/C20H35NOS/c1-5-6-7-8-9-10-13-21-15-19(22)18-11-12-20(17(4)14-18)23-16(2)3/h11-12,14,16,19,21-22H,5-10,13,15H2,1-4H3. The zero-order valence-corrected chi connectivity index (χ0v) is 16.2. The zero-order chi connectivity index (χ0) is 17.1. The van der Waals surface area contributed by atoms with Gasteiger partial charge in [0.1, 0.15) is 0 Å². The zero-order valence-electron chi connectivity index (χ0n) is 15.4. The number of hydrogen-bond acceptors (Lipinski definition) is 3. The summed E-state index contributed by atoms with van der Waals surface area (Å²) in [5.41, 5.74) is 2.28. The second-order valence-corrected chi connectivity index (χ2v) is 8.30. The molecule has 0 aliphatic heterocycles. The first-order chi connectivity index (χ1) is 11.0. The van der Waals surface area contributed by atoms with E-state index in [0.29, 0.717) is 11.8 Å². The highest BCUT2D eigenvalue weighted by Gasteiger charge is 2.09. The van der Waals surface area contributed by atoms with Gasteiger partial charge in [0, 0.05) is 16.7 Å². The molecule has 0 amide bonds. The summed E-state index contributed by atoms with van der Waals surface area (Å²) >= 11 is 1.88. The average Bonchev–Trinajstić information content (AvgIpc) is 2.51. The van der Waals surface area contributed by atoms with E-state index < -0.39 is 6.10 Å². The number of aliphatic hydroxyl groups is 1. The molecule has 23 heavy (non-hydrogen) atoms. The van der Waals surface area contributed by atoms with Crippen LogP contribution in [0.4, 0.5) is 0 Å². The normalized spacial score (nSPS) is 12.8. The Labute approximate surface area is 147 Å². The van der Waals surface area contributed by atoms with E-state index in [9.17, 15) is 5.11 Å². The van der Waals surface area contributed by atoms with Crippen molar-refractivity contribution in [2.24, 2.45) is 0 Å². The van der Waals surface area contributed by atoms with E-state index in [4.69, 9.17) is 0 Å². The summed E-state index contributed by atoms with van der Waals surface area (Å²) in [4.78, 5) is 1.32. The lowest BCUT2D eigenvalue weighted by molar-refractivity contribution is 0.174. The van der Waals surface area contributed by atoms with Crippen LogP contribution in [0.5, 0.6) is 0 Å². The number of thioether (sulfide) groups is 1. The molecule has 0 radical (unpaired) electrons. The molecule has 0 bridgehead atoms. The first kappa shape index (κ1) is 20.5. The van der Waals surface area contributed by atoms with Crippen molar-refractivity contribution in [2.45, 2.75) is 82.5 Å². The van der Waals surface area contributed by atoms with E-state index in [2.05, 4.69) is 51.2 Å². The Hall–Kier alpha value is -0.510. The predicted molar refractivity (Wildman–Crippen MR) is 103 cm³/mol. The Morgan fingerprint density at radius 3 is 2.43 bits per heavy atom. The van der Waals surface area contributed by atoms with Gasteiger partial charge in [-0.2, -0.15) is 0 Å². The highest BCUT2D eigenvalue weighted by Crippen LogP contribution is 2.28. The van der Waals surface area contributed by atoms with Crippen LogP contribution in [0.25, 0.3) is 0 Å². The summed E-state index contributed by atoms with van der Waals surface area (Å²) < 4.78 is 0. The molecule has 1 aromatic carbocycles. The van der Waals surface area contributed by atoms with Crippen molar-refractivity contribution in [3.05, 3.63) is 29.3 Å². The highest BCUT2D eigenvalue weighted by molar-refractivity contribution is 8.00. The van der Waals surface area contributed by atoms with Crippen molar-refractivity contribution in [1.82, 2.24) is 5.32 Å². The minimum atomic E-state index is -0.410. The molecular weight excluding hydrogens is 302 g/mol. The van der Waals surface area contributed by atoms with E-state index >= 15 is 0 Å². The molecule has 0 spiro atoms. The van der Waals surface area contributed by atoms with Crippen LogP contribution in [0.2, 0.25) is 0 Å². The Kier molecular flexibility index (Phi) is 10.7. The molecule has 1 unspecified atom stereocenters. The topological polar surface area (TPSA) is 32.3 Å².